The first-order valence-electron chi connectivity index (χ1n) is 9.23. The van der Waals surface area contributed by atoms with Crippen LogP contribution in [0.2, 0.25) is 4.47 Å². The third kappa shape index (κ3) is 4.29. The second-order valence-electron chi connectivity index (χ2n) is 6.59. The number of aromatic nitrogens is 1. The maximum absolute atomic E-state index is 13.1. The van der Waals surface area contributed by atoms with Gasteiger partial charge in [0.05, 0.1) is 12.1 Å². The zero-order valence-electron chi connectivity index (χ0n) is 15.3. The Kier molecular flexibility index (Phi) is 5.78. The summed E-state index contributed by atoms with van der Waals surface area (Å²) < 4.78 is 0.525. The molecular formula is C21H21ClN4OS. The fourth-order valence-corrected chi connectivity index (χ4v) is 4.27. The second kappa shape index (κ2) is 8.63. The topological polar surface area (TPSA) is 48.5 Å². The number of anilines is 2. The van der Waals surface area contributed by atoms with Gasteiger partial charge in [0.25, 0.3) is 5.91 Å². The van der Waals surface area contributed by atoms with Crippen molar-refractivity contribution < 1.29 is 4.79 Å². The molecule has 144 valence electrons. The molecule has 1 aliphatic heterocycles. The number of amides is 1. The summed E-state index contributed by atoms with van der Waals surface area (Å²) in [6.07, 6.45) is 1.76. The highest BCUT2D eigenvalue weighted by molar-refractivity contribution is 7.15. The van der Waals surface area contributed by atoms with E-state index in [1.54, 1.807) is 6.20 Å². The molecular weight excluding hydrogens is 392 g/mol. The molecule has 0 spiro atoms. The van der Waals surface area contributed by atoms with Crippen molar-refractivity contribution in [3.05, 3.63) is 75.7 Å². The molecule has 1 N–H and O–H groups in total. The first-order valence-corrected chi connectivity index (χ1v) is 10.4. The molecule has 7 heteroatoms. The molecule has 1 saturated heterocycles. The van der Waals surface area contributed by atoms with E-state index in [4.69, 9.17) is 11.6 Å². The van der Waals surface area contributed by atoms with E-state index in [1.807, 2.05) is 47.4 Å². The highest BCUT2D eigenvalue weighted by atomic mass is 35.5. The molecule has 1 aromatic heterocycles. The number of hydrogen-bond donors (Lipinski definition) is 1. The minimum absolute atomic E-state index is 0.0677. The Morgan fingerprint density at radius 2 is 1.75 bits per heavy atom. The van der Waals surface area contributed by atoms with Crippen LogP contribution < -0.4 is 10.2 Å². The van der Waals surface area contributed by atoms with Crippen LogP contribution in [0, 0.1) is 0 Å². The van der Waals surface area contributed by atoms with Crippen LogP contribution >= 0.6 is 22.9 Å². The number of thiazole rings is 1. The highest BCUT2D eigenvalue weighted by Crippen LogP contribution is 2.23. The predicted molar refractivity (Wildman–Crippen MR) is 115 cm³/mol. The van der Waals surface area contributed by atoms with E-state index in [9.17, 15) is 4.79 Å². The number of nitrogens with one attached hydrogen (secondary N) is 1. The van der Waals surface area contributed by atoms with Crippen LogP contribution in [-0.4, -0.2) is 42.0 Å². The average molecular weight is 413 g/mol. The number of piperazine rings is 1. The molecule has 3 aromatic rings. The van der Waals surface area contributed by atoms with Crippen LogP contribution in [-0.2, 0) is 6.54 Å². The van der Waals surface area contributed by atoms with Gasteiger partial charge < -0.3 is 15.1 Å². The monoisotopic (exact) mass is 412 g/mol. The average Bonchev–Trinajstić information content (AvgIpc) is 3.18. The smallest absolute Gasteiger partial charge is 0.256 e. The van der Waals surface area contributed by atoms with Gasteiger partial charge in [0, 0.05) is 48.6 Å². The van der Waals surface area contributed by atoms with E-state index in [-0.39, 0.29) is 5.91 Å². The summed E-state index contributed by atoms with van der Waals surface area (Å²) in [6.45, 7) is 3.70. The molecule has 4 rings (SSSR count). The summed E-state index contributed by atoms with van der Waals surface area (Å²) in [5.74, 6) is 0.0677. The Bertz CT molecular complexity index is 938. The first-order chi connectivity index (χ1) is 13.7. The molecule has 0 bridgehead atoms. The van der Waals surface area contributed by atoms with Gasteiger partial charge in [-0.2, -0.15) is 0 Å². The van der Waals surface area contributed by atoms with Crippen molar-refractivity contribution in [3.8, 4) is 0 Å². The Hall–Kier alpha value is -2.57. The fourth-order valence-electron chi connectivity index (χ4n) is 3.35. The van der Waals surface area contributed by atoms with E-state index in [2.05, 4.69) is 27.3 Å². The molecule has 2 heterocycles. The molecule has 0 saturated carbocycles. The Labute approximate surface area is 173 Å². The van der Waals surface area contributed by atoms with Crippen LogP contribution in [0.15, 0.2) is 60.8 Å². The summed E-state index contributed by atoms with van der Waals surface area (Å²) >= 11 is 7.33. The van der Waals surface area contributed by atoms with E-state index in [0.29, 0.717) is 29.7 Å². The zero-order valence-corrected chi connectivity index (χ0v) is 16.9. The van der Waals surface area contributed by atoms with Crippen molar-refractivity contribution in [2.45, 2.75) is 6.54 Å². The third-order valence-electron chi connectivity index (χ3n) is 4.82. The van der Waals surface area contributed by atoms with Crippen LogP contribution in [0.1, 0.15) is 15.2 Å². The van der Waals surface area contributed by atoms with Crippen molar-refractivity contribution in [2.24, 2.45) is 0 Å². The summed E-state index contributed by atoms with van der Waals surface area (Å²) in [6, 6.07) is 18.0. The normalized spacial score (nSPS) is 14.2. The molecule has 1 fully saturated rings. The number of carbonyl (C=O) groups is 1. The lowest BCUT2D eigenvalue weighted by atomic mass is 10.1. The van der Waals surface area contributed by atoms with Gasteiger partial charge in [0.1, 0.15) is 0 Å². The van der Waals surface area contributed by atoms with E-state index >= 15 is 0 Å². The number of para-hydroxylation sites is 2. The number of rotatable bonds is 5. The van der Waals surface area contributed by atoms with Crippen molar-refractivity contribution in [1.29, 1.82) is 0 Å². The molecule has 0 aliphatic carbocycles. The predicted octanol–water partition coefficient (Wildman–Crippen LogP) is 4.37. The lowest BCUT2D eigenvalue weighted by Gasteiger charge is -2.36. The van der Waals surface area contributed by atoms with E-state index < -0.39 is 0 Å². The summed E-state index contributed by atoms with van der Waals surface area (Å²) in [5.41, 5.74) is 2.74. The van der Waals surface area contributed by atoms with Gasteiger partial charge in [0.2, 0.25) is 0 Å². The Balaban J connectivity index is 1.41. The zero-order chi connectivity index (χ0) is 19.3. The van der Waals surface area contributed by atoms with Crippen molar-refractivity contribution in [2.75, 3.05) is 36.4 Å². The SMILES string of the molecule is O=C(c1ccccc1NCc1cnc(Cl)s1)N1CCN(c2ccccc2)CC1. The lowest BCUT2D eigenvalue weighted by molar-refractivity contribution is 0.0747. The summed E-state index contributed by atoms with van der Waals surface area (Å²) in [7, 11) is 0. The molecule has 0 radical (unpaired) electrons. The van der Waals surface area contributed by atoms with Crippen LogP contribution in [0.4, 0.5) is 11.4 Å². The Morgan fingerprint density at radius 3 is 2.46 bits per heavy atom. The van der Waals surface area contributed by atoms with Crippen LogP contribution in [0.5, 0.6) is 0 Å². The van der Waals surface area contributed by atoms with Gasteiger partial charge in [-0.3, -0.25) is 4.79 Å². The third-order valence-corrected chi connectivity index (χ3v) is 5.94. The minimum atomic E-state index is 0.0677. The standard InChI is InChI=1S/C21H21ClN4OS/c22-21-24-15-17(28-21)14-23-19-9-5-4-8-18(19)20(27)26-12-10-25(11-13-26)16-6-2-1-3-7-16/h1-9,15,23H,10-14H2. The molecule has 1 aliphatic rings. The van der Waals surface area contributed by atoms with Gasteiger partial charge in [-0.1, -0.05) is 41.9 Å². The quantitative estimate of drug-likeness (QED) is 0.676. The Morgan fingerprint density at radius 1 is 1.04 bits per heavy atom. The number of hydrogen-bond acceptors (Lipinski definition) is 5. The summed E-state index contributed by atoms with van der Waals surface area (Å²) in [4.78, 5) is 22.5. The maximum atomic E-state index is 13.1. The minimum Gasteiger partial charge on any atom is -0.379 e. The first kappa shape index (κ1) is 18.8. The maximum Gasteiger partial charge on any atom is 0.256 e. The summed E-state index contributed by atoms with van der Waals surface area (Å²) in [5, 5.41) is 3.35. The molecule has 28 heavy (non-hydrogen) atoms. The fraction of sp³-hybridized carbons (Fsp3) is 0.238. The van der Waals surface area contributed by atoms with Gasteiger partial charge in [-0.05, 0) is 24.3 Å². The van der Waals surface area contributed by atoms with E-state index in [1.165, 1.54) is 17.0 Å². The lowest BCUT2D eigenvalue weighted by Crippen LogP contribution is -2.48. The second-order valence-corrected chi connectivity index (χ2v) is 8.29. The number of nitrogens with zero attached hydrogens (tertiary/aromatic N) is 3. The van der Waals surface area contributed by atoms with Crippen LogP contribution in [0.3, 0.4) is 0 Å². The molecule has 1 amide bonds. The number of benzene rings is 2. The largest absolute Gasteiger partial charge is 0.379 e. The molecule has 0 unspecified atom stereocenters. The van der Waals surface area contributed by atoms with Crippen molar-refractivity contribution in [3.63, 3.8) is 0 Å². The van der Waals surface area contributed by atoms with Crippen molar-refractivity contribution >= 4 is 40.2 Å². The van der Waals surface area contributed by atoms with E-state index in [0.717, 1.165) is 23.7 Å². The van der Waals surface area contributed by atoms with Gasteiger partial charge in [0.15, 0.2) is 4.47 Å². The van der Waals surface area contributed by atoms with Gasteiger partial charge >= 0.3 is 0 Å². The molecule has 0 atom stereocenters. The van der Waals surface area contributed by atoms with Gasteiger partial charge in [-0.25, -0.2) is 4.98 Å². The van der Waals surface area contributed by atoms with Crippen molar-refractivity contribution in [1.82, 2.24) is 9.88 Å². The molecule has 5 nitrogen and oxygen atoms in total. The van der Waals surface area contributed by atoms with Crippen LogP contribution in [0.25, 0.3) is 0 Å². The molecule has 2 aromatic carbocycles. The number of halogens is 1. The van der Waals surface area contributed by atoms with Gasteiger partial charge in [-0.15, -0.1) is 11.3 Å². The highest BCUT2D eigenvalue weighted by Gasteiger charge is 2.23. The number of carbonyl (C=O) groups excluding carboxylic acids is 1.